The van der Waals surface area contributed by atoms with Crippen LogP contribution in [0, 0.1) is 0 Å². The zero-order valence-electron chi connectivity index (χ0n) is 8.81. The third-order valence-electron chi connectivity index (χ3n) is 1.86. The lowest BCUT2D eigenvalue weighted by Gasteiger charge is -2.05. The van der Waals surface area contributed by atoms with Crippen LogP contribution in [0.25, 0.3) is 0 Å². The summed E-state index contributed by atoms with van der Waals surface area (Å²) in [6.45, 7) is 1.90. The van der Waals surface area contributed by atoms with E-state index in [-0.39, 0.29) is 17.3 Å². The summed E-state index contributed by atoms with van der Waals surface area (Å²) in [5.41, 5.74) is 5.56. The molecule has 2 amide bonds. The molecule has 6 nitrogen and oxygen atoms in total. The molecule has 0 saturated heterocycles. The van der Waals surface area contributed by atoms with Gasteiger partial charge in [0, 0.05) is 6.20 Å². The third-order valence-corrected chi connectivity index (χ3v) is 2.92. The number of amides is 2. The van der Waals surface area contributed by atoms with Gasteiger partial charge in [0.15, 0.2) is 0 Å². The Morgan fingerprint density at radius 1 is 1.69 bits per heavy atom. The highest BCUT2D eigenvalue weighted by atomic mass is 79.9. The number of hydrogen-bond acceptors (Lipinski definition) is 3. The van der Waals surface area contributed by atoms with Crippen LogP contribution in [0.1, 0.15) is 13.3 Å². The molecule has 1 heterocycles. The second-order valence-corrected chi connectivity index (χ2v) is 4.36. The summed E-state index contributed by atoms with van der Waals surface area (Å²) < 4.78 is 1.37. The molecule has 1 unspecified atom stereocenters. The van der Waals surface area contributed by atoms with Crippen molar-refractivity contribution in [2.45, 2.75) is 24.7 Å². The average molecular weight is 289 g/mol. The molecular formula is C9H13BrN4O2. The van der Waals surface area contributed by atoms with Crippen LogP contribution in [0.3, 0.4) is 0 Å². The van der Waals surface area contributed by atoms with Gasteiger partial charge >= 0.3 is 0 Å². The van der Waals surface area contributed by atoms with E-state index in [0.717, 1.165) is 0 Å². The smallest absolute Gasteiger partial charge is 0.239 e. The zero-order valence-corrected chi connectivity index (χ0v) is 10.4. The number of anilines is 1. The molecule has 88 valence electrons. The molecule has 0 aliphatic carbocycles. The van der Waals surface area contributed by atoms with Crippen LogP contribution >= 0.6 is 15.9 Å². The number of hydrogen-bond donors (Lipinski definition) is 2. The number of aromatic nitrogens is 2. The fourth-order valence-corrected chi connectivity index (χ4v) is 1.19. The van der Waals surface area contributed by atoms with Crippen molar-refractivity contribution in [3.8, 4) is 0 Å². The van der Waals surface area contributed by atoms with Crippen molar-refractivity contribution in [2.24, 2.45) is 5.73 Å². The highest BCUT2D eigenvalue weighted by Crippen LogP contribution is 2.10. The number of carbonyl (C=O) groups is 2. The van der Waals surface area contributed by atoms with Gasteiger partial charge in [0.1, 0.15) is 6.54 Å². The van der Waals surface area contributed by atoms with Crippen LogP contribution in [-0.2, 0) is 16.1 Å². The molecular weight excluding hydrogens is 276 g/mol. The van der Waals surface area contributed by atoms with Crippen LogP contribution < -0.4 is 11.1 Å². The standard InChI is InChI=1S/C9H13BrN4O2/c1-2-7(10)9(16)13-6-3-12-14(4-6)5-8(11)15/h3-4,7H,2,5H2,1H3,(H2,11,15)(H,13,16). The number of halogens is 1. The summed E-state index contributed by atoms with van der Waals surface area (Å²) in [4.78, 5) is 21.9. The summed E-state index contributed by atoms with van der Waals surface area (Å²) in [6, 6.07) is 0. The first kappa shape index (κ1) is 12.7. The first-order valence-corrected chi connectivity index (χ1v) is 5.70. The largest absolute Gasteiger partial charge is 0.368 e. The highest BCUT2D eigenvalue weighted by molar-refractivity contribution is 9.10. The van der Waals surface area contributed by atoms with Crippen LogP contribution in [0.15, 0.2) is 12.4 Å². The van der Waals surface area contributed by atoms with Gasteiger partial charge in [-0.1, -0.05) is 22.9 Å². The lowest BCUT2D eigenvalue weighted by atomic mass is 10.3. The summed E-state index contributed by atoms with van der Waals surface area (Å²) in [6.07, 6.45) is 3.72. The molecule has 0 aliphatic rings. The summed E-state index contributed by atoms with van der Waals surface area (Å²) in [7, 11) is 0. The number of nitrogens with two attached hydrogens (primary N) is 1. The van der Waals surface area contributed by atoms with Crippen LogP contribution in [-0.4, -0.2) is 26.4 Å². The van der Waals surface area contributed by atoms with Gasteiger partial charge < -0.3 is 11.1 Å². The Hall–Kier alpha value is -1.37. The normalized spacial score (nSPS) is 12.1. The maximum atomic E-state index is 11.5. The first-order chi connectivity index (χ1) is 7.52. The van der Waals surface area contributed by atoms with Gasteiger partial charge in [-0.2, -0.15) is 5.10 Å². The van der Waals surface area contributed by atoms with Crippen molar-refractivity contribution < 1.29 is 9.59 Å². The highest BCUT2D eigenvalue weighted by Gasteiger charge is 2.13. The van der Waals surface area contributed by atoms with Crippen LogP contribution in [0.2, 0.25) is 0 Å². The van der Waals surface area contributed by atoms with E-state index in [1.54, 1.807) is 6.20 Å². The minimum absolute atomic E-state index is 0.00138. The van der Waals surface area contributed by atoms with Crippen molar-refractivity contribution in [3.63, 3.8) is 0 Å². The Bertz CT molecular complexity index is 391. The maximum absolute atomic E-state index is 11.5. The molecule has 0 saturated carbocycles. The van der Waals surface area contributed by atoms with Crippen molar-refractivity contribution in [1.29, 1.82) is 0 Å². The van der Waals surface area contributed by atoms with E-state index in [4.69, 9.17) is 5.73 Å². The van der Waals surface area contributed by atoms with Gasteiger partial charge in [0.05, 0.1) is 16.7 Å². The maximum Gasteiger partial charge on any atom is 0.239 e. The summed E-state index contributed by atoms with van der Waals surface area (Å²) in [5.74, 6) is -0.617. The van der Waals surface area contributed by atoms with E-state index in [9.17, 15) is 9.59 Å². The molecule has 3 N–H and O–H groups in total. The second kappa shape index (κ2) is 5.64. The van der Waals surface area contributed by atoms with Crippen molar-refractivity contribution >= 4 is 33.4 Å². The molecule has 0 fully saturated rings. The fraction of sp³-hybridized carbons (Fsp3) is 0.444. The lowest BCUT2D eigenvalue weighted by Crippen LogP contribution is -2.22. The number of nitrogens with one attached hydrogen (secondary N) is 1. The zero-order chi connectivity index (χ0) is 12.1. The van der Waals surface area contributed by atoms with Gasteiger partial charge in [0.25, 0.3) is 0 Å². The van der Waals surface area contributed by atoms with E-state index >= 15 is 0 Å². The first-order valence-electron chi connectivity index (χ1n) is 4.78. The van der Waals surface area contributed by atoms with Gasteiger partial charge in [-0.05, 0) is 6.42 Å². The second-order valence-electron chi connectivity index (χ2n) is 3.26. The monoisotopic (exact) mass is 288 g/mol. The topological polar surface area (TPSA) is 90.0 Å². The van der Waals surface area contributed by atoms with Gasteiger partial charge in [-0.3, -0.25) is 14.3 Å². The number of rotatable bonds is 5. The van der Waals surface area contributed by atoms with E-state index < -0.39 is 5.91 Å². The molecule has 1 rings (SSSR count). The molecule has 1 aromatic heterocycles. The van der Waals surface area contributed by atoms with Crippen molar-refractivity contribution in [2.75, 3.05) is 5.32 Å². The van der Waals surface area contributed by atoms with Crippen LogP contribution in [0.4, 0.5) is 5.69 Å². The summed E-state index contributed by atoms with van der Waals surface area (Å²) in [5, 5.41) is 6.55. The predicted molar refractivity (Wildman–Crippen MR) is 63.1 cm³/mol. The Balaban J connectivity index is 2.58. The SMILES string of the molecule is CCC(Br)C(=O)Nc1cnn(CC(N)=O)c1. The number of carbonyl (C=O) groups excluding carboxylic acids is 2. The van der Waals surface area contributed by atoms with E-state index in [1.807, 2.05) is 6.92 Å². The van der Waals surface area contributed by atoms with Gasteiger partial charge in [0.2, 0.25) is 11.8 Å². The molecule has 1 aromatic rings. The predicted octanol–water partition coefficient (Wildman–Crippen LogP) is 0.480. The fourth-order valence-electron chi connectivity index (χ4n) is 1.08. The number of alkyl halides is 1. The molecule has 0 radical (unpaired) electrons. The van der Waals surface area contributed by atoms with E-state index in [2.05, 4.69) is 26.3 Å². The third kappa shape index (κ3) is 3.65. The quantitative estimate of drug-likeness (QED) is 0.772. The molecule has 0 aliphatic heterocycles. The lowest BCUT2D eigenvalue weighted by molar-refractivity contribution is -0.118. The van der Waals surface area contributed by atoms with Crippen LogP contribution in [0.5, 0.6) is 0 Å². The molecule has 0 aromatic carbocycles. The Morgan fingerprint density at radius 3 is 2.94 bits per heavy atom. The van der Waals surface area contributed by atoms with Crippen molar-refractivity contribution in [1.82, 2.24) is 9.78 Å². The Kier molecular flexibility index (Phi) is 4.48. The summed E-state index contributed by atoms with van der Waals surface area (Å²) >= 11 is 3.23. The van der Waals surface area contributed by atoms with Gasteiger partial charge in [-0.25, -0.2) is 0 Å². The number of primary amides is 1. The molecule has 7 heteroatoms. The average Bonchev–Trinajstić information content (AvgIpc) is 2.63. The molecule has 0 spiro atoms. The minimum Gasteiger partial charge on any atom is -0.368 e. The molecule has 1 atom stereocenters. The number of nitrogens with zero attached hydrogens (tertiary/aromatic N) is 2. The van der Waals surface area contributed by atoms with E-state index in [0.29, 0.717) is 12.1 Å². The molecule has 0 bridgehead atoms. The minimum atomic E-state index is -0.479. The van der Waals surface area contributed by atoms with Gasteiger partial charge in [-0.15, -0.1) is 0 Å². The molecule has 16 heavy (non-hydrogen) atoms. The van der Waals surface area contributed by atoms with E-state index in [1.165, 1.54) is 10.9 Å². The Morgan fingerprint density at radius 2 is 2.38 bits per heavy atom. The van der Waals surface area contributed by atoms with Crippen molar-refractivity contribution in [3.05, 3.63) is 12.4 Å². The Labute approximate surface area is 101 Å².